The van der Waals surface area contributed by atoms with Crippen LogP contribution >= 0.6 is 23.1 Å². The van der Waals surface area contributed by atoms with Crippen molar-refractivity contribution in [2.24, 2.45) is 11.8 Å². The fraction of sp³-hybridized carbons (Fsp3) is 0.650. The average molecular weight is 388 g/mol. The Morgan fingerprint density at radius 1 is 1.15 bits per heavy atom. The summed E-state index contributed by atoms with van der Waals surface area (Å²) in [6.07, 6.45) is 11.9. The molecule has 1 saturated carbocycles. The SMILES string of the molecule is O=C(CSc1ncnc2sc3c(c12)CCC3)N1CC[C@H]2CCCC[C@@H]2C1. The van der Waals surface area contributed by atoms with Crippen molar-refractivity contribution in [2.75, 3.05) is 18.8 Å². The van der Waals surface area contributed by atoms with Crippen LogP contribution in [-0.2, 0) is 17.6 Å². The van der Waals surface area contributed by atoms with E-state index in [9.17, 15) is 4.79 Å². The minimum atomic E-state index is 0.290. The Labute approximate surface area is 162 Å². The van der Waals surface area contributed by atoms with E-state index in [1.54, 1.807) is 18.1 Å². The lowest BCUT2D eigenvalue weighted by Gasteiger charge is -2.41. The molecule has 2 atom stereocenters. The van der Waals surface area contributed by atoms with Gasteiger partial charge < -0.3 is 4.90 Å². The van der Waals surface area contributed by atoms with Crippen LogP contribution in [0.5, 0.6) is 0 Å². The summed E-state index contributed by atoms with van der Waals surface area (Å²) in [6, 6.07) is 0. The van der Waals surface area contributed by atoms with Gasteiger partial charge in [0.25, 0.3) is 0 Å². The number of hydrogen-bond donors (Lipinski definition) is 0. The zero-order valence-electron chi connectivity index (χ0n) is 15.1. The second-order valence-electron chi connectivity index (χ2n) is 7.94. The fourth-order valence-electron chi connectivity index (χ4n) is 5.06. The van der Waals surface area contributed by atoms with E-state index in [4.69, 9.17) is 0 Å². The predicted molar refractivity (Wildman–Crippen MR) is 107 cm³/mol. The van der Waals surface area contributed by atoms with Gasteiger partial charge in [-0.15, -0.1) is 11.3 Å². The highest BCUT2D eigenvalue weighted by Gasteiger charge is 2.33. The van der Waals surface area contributed by atoms with E-state index in [0.29, 0.717) is 5.75 Å². The molecule has 2 aromatic heterocycles. The number of carbonyl (C=O) groups excluding carboxylic acids is 1. The lowest BCUT2D eigenvalue weighted by Crippen LogP contribution is -2.45. The van der Waals surface area contributed by atoms with E-state index in [1.807, 2.05) is 11.3 Å². The van der Waals surface area contributed by atoms with Crippen LogP contribution in [0.4, 0.5) is 0 Å². The maximum Gasteiger partial charge on any atom is 0.232 e. The quantitative estimate of drug-likeness (QED) is 0.581. The van der Waals surface area contributed by atoms with E-state index in [2.05, 4.69) is 14.9 Å². The van der Waals surface area contributed by atoms with Gasteiger partial charge in [0.2, 0.25) is 5.91 Å². The number of fused-ring (bicyclic) bond motifs is 4. The first-order valence-electron chi connectivity index (χ1n) is 9.95. The number of piperidine rings is 1. The monoisotopic (exact) mass is 387 g/mol. The molecule has 0 aromatic carbocycles. The van der Waals surface area contributed by atoms with Gasteiger partial charge in [0.05, 0.1) is 5.75 Å². The van der Waals surface area contributed by atoms with E-state index >= 15 is 0 Å². The Balaban J connectivity index is 1.28. The summed E-state index contributed by atoms with van der Waals surface area (Å²) in [5.74, 6) is 2.42. The molecule has 1 saturated heterocycles. The minimum Gasteiger partial charge on any atom is -0.342 e. The van der Waals surface area contributed by atoms with Gasteiger partial charge in [0, 0.05) is 23.4 Å². The van der Waals surface area contributed by atoms with Crippen molar-refractivity contribution in [1.82, 2.24) is 14.9 Å². The Bertz CT molecular complexity index is 834. The first-order valence-corrected chi connectivity index (χ1v) is 11.8. The molecule has 0 radical (unpaired) electrons. The van der Waals surface area contributed by atoms with Crippen LogP contribution in [0.15, 0.2) is 11.4 Å². The number of hydrogen-bond acceptors (Lipinski definition) is 5. The van der Waals surface area contributed by atoms with Crippen LogP contribution in [0.25, 0.3) is 10.2 Å². The highest BCUT2D eigenvalue weighted by Crippen LogP contribution is 2.40. The Morgan fingerprint density at radius 3 is 2.96 bits per heavy atom. The number of carbonyl (C=O) groups is 1. The molecule has 0 bridgehead atoms. The minimum absolute atomic E-state index is 0.290. The van der Waals surface area contributed by atoms with E-state index in [1.165, 1.54) is 60.8 Å². The van der Waals surface area contributed by atoms with Gasteiger partial charge in [0.15, 0.2) is 0 Å². The van der Waals surface area contributed by atoms with Crippen molar-refractivity contribution in [2.45, 2.75) is 56.4 Å². The van der Waals surface area contributed by atoms with E-state index in [-0.39, 0.29) is 5.91 Å². The van der Waals surface area contributed by atoms with Crippen molar-refractivity contribution < 1.29 is 4.79 Å². The zero-order chi connectivity index (χ0) is 17.5. The van der Waals surface area contributed by atoms with Gasteiger partial charge >= 0.3 is 0 Å². The molecule has 2 fully saturated rings. The third kappa shape index (κ3) is 3.05. The third-order valence-electron chi connectivity index (χ3n) is 6.44. The van der Waals surface area contributed by atoms with Crippen LogP contribution in [0.3, 0.4) is 0 Å². The first kappa shape index (κ1) is 17.0. The largest absolute Gasteiger partial charge is 0.342 e. The predicted octanol–water partition coefficient (Wildman–Crippen LogP) is 4.31. The second kappa shape index (κ2) is 7.12. The van der Waals surface area contributed by atoms with Gasteiger partial charge in [-0.25, -0.2) is 9.97 Å². The van der Waals surface area contributed by atoms with Crippen LogP contribution in [0.2, 0.25) is 0 Å². The maximum atomic E-state index is 12.8. The summed E-state index contributed by atoms with van der Waals surface area (Å²) in [7, 11) is 0. The molecule has 0 N–H and O–H groups in total. The van der Waals surface area contributed by atoms with Gasteiger partial charge in [-0.05, 0) is 49.5 Å². The molecule has 1 amide bonds. The molecule has 2 aliphatic carbocycles. The van der Waals surface area contributed by atoms with E-state index in [0.717, 1.165) is 41.2 Å². The number of nitrogens with zero attached hydrogens (tertiary/aromatic N) is 3. The number of thioether (sulfide) groups is 1. The molecule has 138 valence electrons. The smallest absolute Gasteiger partial charge is 0.232 e. The molecule has 5 rings (SSSR count). The summed E-state index contributed by atoms with van der Waals surface area (Å²) >= 11 is 3.43. The average Bonchev–Trinajstić information content (AvgIpc) is 3.26. The molecule has 4 nitrogen and oxygen atoms in total. The van der Waals surface area contributed by atoms with Gasteiger partial charge in [0.1, 0.15) is 16.2 Å². The number of aromatic nitrogens is 2. The van der Waals surface area contributed by atoms with Gasteiger partial charge in [-0.2, -0.15) is 0 Å². The molecular weight excluding hydrogens is 362 g/mol. The molecule has 1 aliphatic heterocycles. The highest BCUT2D eigenvalue weighted by molar-refractivity contribution is 8.00. The second-order valence-corrected chi connectivity index (χ2v) is 9.99. The normalized spacial score (nSPS) is 25.3. The number of amides is 1. The molecule has 2 aromatic rings. The summed E-state index contributed by atoms with van der Waals surface area (Å²) in [5, 5.41) is 2.24. The van der Waals surface area contributed by atoms with Crippen LogP contribution in [-0.4, -0.2) is 39.6 Å². The standard InChI is InChI=1S/C20H25N3OS2/c24-17(23-9-8-13-4-1-2-5-14(13)10-23)11-25-19-18-15-6-3-7-16(15)26-20(18)22-12-21-19/h12-14H,1-11H2/t13-,14-/m1/s1. The Morgan fingerprint density at radius 2 is 2.04 bits per heavy atom. The van der Waals surface area contributed by atoms with Gasteiger partial charge in [-0.1, -0.05) is 31.0 Å². The van der Waals surface area contributed by atoms with Crippen molar-refractivity contribution >= 4 is 39.2 Å². The Hall–Kier alpha value is -1.14. The van der Waals surface area contributed by atoms with E-state index < -0.39 is 0 Å². The van der Waals surface area contributed by atoms with Crippen LogP contribution in [0.1, 0.15) is 49.0 Å². The molecular formula is C20H25N3OS2. The topological polar surface area (TPSA) is 46.1 Å². The number of rotatable bonds is 3. The van der Waals surface area contributed by atoms with Crippen molar-refractivity contribution in [3.8, 4) is 0 Å². The summed E-state index contributed by atoms with van der Waals surface area (Å²) in [6.45, 7) is 1.94. The lowest BCUT2D eigenvalue weighted by atomic mass is 9.75. The van der Waals surface area contributed by atoms with Crippen molar-refractivity contribution in [3.05, 3.63) is 16.8 Å². The molecule has 0 unspecified atom stereocenters. The summed E-state index contributed by atoms with van der Waals surface area (Å²) in [4.78, 5) is 26.5. The number of aryl methyl sites for hydroxylation is 2. The van der Waals surface area contributed by atoms with Crippen LogP contribution < -0.4 is 0 Å². The van der Waals surface area contributed by atoms with Crippen LogP contribution in [0, 0.1) is 11.8 Å². The number of likely N-dealkylation sites (tertiary alicyclic amines) is 1. The van der Waals surface area contributed by atoms with Crippen molar-refractivity contribution in [1.29, 1.82) is 0 Å². The highest BCUT2D eigenvalue weighted by atomic mass is 32.2. The lowest BCUT2D eigenvalue weighted by molar-refractivity contribution is -0.131. The third-order valence-corrected chi connectivity index (χ3v) is 8.62. The van der Waals surface area contributed by atoms with Crippen molar-refractivity contribution in [3.63, 3.8) is 0 Å². The van der Waals surface area contributed by atoms with Gasteiger partial charge in [-0.3, -0.25) is 4.79 Å². The molecule has 3 aliphatic rings. The maximum absolute atomic E-state index is 12.8. The Kier molecular flexibility index (Phi) is 4.65. The molecule has 6 heteroatoms. The first-order chi connectivity index (χ1) is 12.8. The number of thiophene rings is 1. The summed E-state index contributed by atoms with van der Waals surface area (Å²) in [5.41, 5.74) is 1.45. The molecule has 26 heavy (non-hydrogen) atoms. The molecule has 0 spiro atoms. The molecule has 3 heterocycles. The fourth-order valence-corrected chi connectivity index (χ4v) is 7.28. The zero-order valence-corrected chi connectivity index (χ0v) is 16.7. The summed E-state index contributed by atoms with van der Waals surface area (Å²) < 4.78 is 0.